The quantitative estimate of drug-likeness (QED) is 0.740. The van der Waals surface area contributed by atoms with Gasteiger partial charge in [0.25, 0.3) is 0 Å². The molecular formula is C10H10N2O4. The first-order chi connectivity index (χ1) is 7.65. The number of nitrogens with one attached hydrogen (secondary N) is 2. The number of imide groups is 1. The van der Waals surface area contributed by atoms with E-state index in [0.717, 1.165) is 7.11 Å². The van der Waals surface area contributed by atoms with Gasteiger partial charge in [0.05, 0.1) is 7.11 Å². The normalized spacial score (nSPS) is 9.06. The van der Waals surface area contributed by atoms with Crippen molar-refractivity contribution in [3.8, 4) is 0 Å². The minimum Gasteiger partial charge on any atom is -0.453 e. The highest BCUT2D eigenvalue weighted by Gasteiger charge is 2.06. The lowest BCUT2D eigenvalue weighted by molar-refractivity contribution is 0.112. The van der Waals surface area contributed by atoms with Crippen LogP contribution in [0, 0.1) is 0 Å². The van der Waals surface area contributed by atoms with Gasteiger partial charge in [0, 0.05) is 11.3 Å². The molecule has 0 saturated carbocycles. The molecule has 0 saturated heterocycles. The van der Waals surface area contributed by atoms with Crippen LogP contribution >= 0.6 is 0 Å². The van der Waals surface area contributed by atoms with Gasteiger partial charge in [-0.15, -0.1) is 0 Å². The number of amides is 3. The zero-order valence-electron chi connectivity index (χ0n) is 8.52. The van der Waals surface area contributed by atoms with Gasteiger partial charge in [-0.25, -0.2) is 14.9 Å². The molecule has 1 aromatic rings. The van der Waals surface area contributed by atoms with Crippen LogP contribution in [-0.2, 0) is 4.74 Å². The van der Waals surface area contributed by atoms with Crippen LogP contribution in [0.25, 0.3) is 0 Å². The van der Waals surface area contributed by atoms with E-state index >= 15 is 0 Å². The average molecular weight is 222 g/mol. The van der Waals surface area contributed by atoms with Crippen molar-refractivity contribution < 1.29 is 19.1 Å². The van der Waals surface area contributed by atoms with Gasteiger partial charge in [-0.3, -0.25) is 4.79 Å². The Morgan fingerprint density at radius 3 is 2.75 bits per heavy atom. The highest BCUT2D eigenvalue weighted by molar-refractivity contribution is 5.99. The van der Waals surface area contributed by atoms with E-state index in [9.17, 15) is 14.4 Å². The molecule has 16 heavy (non-hydrogen) atoms. The predicted molar refractivity (Wildman–Crippen MR) is 56.4 cm³/mol. The van der Waals surface area contributed by atoms with Crippen molar-refractivity contribution in [1.82, 2.24) is 5.32 Å². The van der Waals surface area contributed by atoms with Crippen molar-refractivity contribution in [2.24, 2.45) is 0 Å². The Hall–Kier alpha value is -2.37. The molecule has 6 heteroatoms. The van der Waals surface area contributed by atoms with E-state index in [0.29, 0.717) is 17.5 Å². The molecule has 0 spiro atoms. The van der Waals surface area contributed by atoms with Gasteiger partial charge < -0.3 is 10.1 Å². The fourth-order valence-corrected chi connectivity index (χ4v) is 0.996. The summed E-state index contributed by atoms with van der Waals surface area (Å²) < 4.78 is 4.24. The number of methoxy groups -OCH3 is 1. The number of hydrogen-bond donors (Lipinski definition) is 2. The zero-order chi connectivity index (χ0) is 12.0. The van der Waals surface area contributed by atoms with Crippen LogP contribution in [0.1, 0.15) is 10.4 Å². The molecule has 6 nitrogen and oxygen atoms in total. The van der Waals surface area contributed by atoms with Crippen molar-refractivity contribution in [3.63, 3.8) is 0 Å². The molecule has 84 valence electrons. The minimum absolute atomic E-state index is 0.408. The molecular weight excluding hydrogens is 212 g/mol. The van der Waals surface area contributed by atoms with Crippen LogP contribution in [0.2, 0.25) is 0 Å². The summed E-state index contributed by atoms with van der Waals surface area (Å²) >= 11 is 0. The third kappa shape index (κ3) is 3.41. The van der Waals surface area contributed by atoms with Crippen LogP contribution < -0.4 is 10.6 Å². The first-order valence-corrected chi connectivity index (χ1v) is 4.37. The Morgan fingerprint density at radius 1 is 1.38 bits per heavy atom. The van der Waals surface area contributed by atoms with E-state index in [1.54, 1.807) is 18.2 Å². The number of urea groups is 1. The summed E-state index contributed by atoms with van der Waals surface area (Å²) in [7, 11) is 1.15. The largest absolute Gasteiger partial charge is 0.453 e. The highest BCUT2D eigenvalue weighted by atomic mass is 16.5. The number of aldehydes is 1. The maximum absolute atomic E-state index is 11.2. The van der Waals surface area contributed by atoms with Crippen molar-refractivity contribution in [2.75, 3.05) is 12.4 Å². The standard InChI is InChI=1S/C10H10N2O4/c1-16-10(15)12-9(14)11-8-4-2-3-7(5-8)6-13/h2-6H,1H3,(H2,11,12,14,15). The molecule has 1 aromatic carbocycles. The lowest BCUT2D eigenvalue weighted by atomic mass is 10.2. The van der Waals surface area contributed by atoms with E-state index < -0.39 is 12.1 Å². The number of rotatable bonds is 2. The maximum atomic E-state index is 11.2. The Kier molecular flexibility index (Phi) is 4.02. The SMILES string of the molecule is COC(=O)NC(=O)Nc1cccc(C=O)c1. The first-order valence-electron chi connectivity index (χ1n) is 4.37. The number of benzene rings is 1. The van der Waals surface area contributed by atoms with Crippen molar-refractivity contribution >= 4 is 24.1 Å². The van der Waals surface area contributed by atoms with Gasteiger partial charge in [0.2, 0.25) is 0 Å². The molecule has 0 fully saturated rings. The average Bonchev–Trinajstić information content (AvgIpc) is 2.28. The Balaban J connectivity index is 2.62. The summed E-state index contributed by atoms with van der Waals surface area (Å²) in [6.07, 6.45) is -0.201. The second kappa shape index (κ2) is 5.50. The number of carbonyl (C=O) groups excluding carboxylic acids is 3. The van der Waals surface area contributed by atoms with Crippen LogP contribution in [0.15, 0.2) is 24.3 Å². The van der Waals surface area contributed by atoms with Crippen LogP contribution in [-0.4, -0.2) is 25.5 Å². The third-order valence-electron chi connectivity index (χ3n) is 1.68. The molecule has 0 aliphatic rings. The van der Waals surface area contributed by atoms with Gasteiger partial charge in [-0.1, -0.05) is 12.1 Å². The molecule has 0 aliphatic heterocycles. The van der Waals surface area contributed by atoms with Gasteiger partial charge in [0.15, 0.2) is 0 Å². The van der Waals surface area contributed by atoms with Gasteiger partial charge in [0.1, 0.15) is 6.29 Å². The lowest BCUT2D eigenvalue weighted by Gasteiger charge is -2.05. The van der Waals surface area contributed by atoms with Crippen molar-refractivity contribution in [2.45, 2.75) is 0 Å². The number of anilines is 1. The summed E-state index contributed by atoms with van der Waals surface area (Å²) in [5.74, 6) is 0. The maximum Gasteiger partial charge on any atom is 0.415 e. The van der Waals surface area contributed by atoms with Crippen LogP contribution in [0.3, 0.4) is 0 Å². The molecule has 0 heterocycles. The van der Waals surface area contributed by atoms with E-state index in [-0.39, 0.29) is 0 Å². The summed E-state index contributed by atoms with van der Waals surface area (Å²) in [6, 6.07) is 5.54. The van der Waals surface area contributed by atoms with Gasteiger partial charge in [-0.05, 0) is 12.1 Å². The number of alkyl carbamates (subject to hydrolysis) is 1. The number of carbonyl (C=O) groups is 3. The molecule has 0 aromatic heterocycles. The zero-order valence-corrected chi connectivity index (χ0v) is 8.52. The molecule has 1 rings (SSSR count). The third-order valence-corrected chi connectivity index (χ3v) is 1.68. The molecule has 0 bridgehead atoms. The second-order valence-corrected chi connectivity index (χ2v) is 2.81. The van der Waals surface area contributed by atoms with Crippen LogP contribution in [0.5, 0.6) is 0 Å². The molecule has 0 atom stereocenters. The highest BCUT2D eigenvalue weighted by Crippen LogP contribution is 2.08. The topological polar surface area (TPSA) is 84.5 Å². The molecule has 2 N–H and O–H groups in total. The number of hydrogen-bond acceptors (Lipinski definition) is 4. The summed E-state index contributed by atoms with van der Waals surface area (Å²) in [5.41, 5.74) is 0.835. The number of ether oxygens (including phenoxy) is 1. The van der Waals surface area contributed by atoms with Crippen LogP contribution in [0.4, 0.5) is 15.3 Å². The molecule has 0 unspecified atom stereocenters. The van der Waals surface area contributed by atoms with E-state index in [2.05, 4.69) is 10.1 Å². The fraction of sp³-hybridized carbons (Fsp3) is 0.100. The first kappa shape index (κ1) is 11.7. The summed E-state index contributed by atoms with van der Waals surface area (Å²) in [6.45, 7) is 0. The van der Waals surface area contributed by atoms with E-state index in [1.807, 2.05) is 5.32 Å². The summed E-state index contributed by atoms with van der Waals surface area (Å²) in [4.78, 5) is 32.3. The van der Waals surface area contributed by atoms with E-state index in [4.69, 9.17) is 0 Å². The smallest absolute Gasteiger partial charge is 0.415 e. The fourth-order valence-electron chi connectivity index (χ4n) is 0.996. The Bertz CT molecular complexity index is 417. The Labute approximate surface area is 91.6 Å². The Morgan fingerprint density at radius 2 is 2.12 bits per heavy atom. The second-order valence-electron chi connectivity index (χ2n) is 2.81. The molecule has 3 amide bonds. The van der Waals surface area contributed by atoms with E-state index in [1.165, 1.54) is 6.07 Å². The molecule has 0 aliphatic carbocycles. The predicted octanol–water partition coefficient (Wildman–Crippen LogP) is 1.39. The minimum atomic E-state index is -0.857. The van der Waals surface area contributed by atoms with Crippen molar-refractivity contribution in [3.05, 3.63) is 29.8 Å². The monoisotopic (exact) mass is 222 g/mol. The van der Waals surface area contributed by atoms with Gasteiger partial charge >= 0.3 is 12.1 Å². The molecule has 0 radical (unpaired) electrons. The van der Waals surface area contributed by atoms with Crippen molar-refractivity contribution in [1.29, 1.82) is 0 Å². The lowest BCUT2D eigenvalue weighted by Crippen LogP contribution is -2.34. The van der Waals surface area contributed by atoms with Gasteiger partial charge in [-0.2, -0.15) is 0 Å². The summed E-state index contributed by atoms with van der Waals surface area (Å²) in [5, 5.41) is 4.29.